The molecule has 0 bridgehead atoms. The number of esters is 2. The van der Waals surface area contributed by atoms with Crippen molar-refractivity contribution < 1.29 is 37.0 Å². The second-order valence-corrected chi connectivity index (χ2v) is 7.41. The molecular weight excluding hydrogens is 415 g/mol. The number of hydrogen-bond acceptors (Lipinski definition) is 6. The Kier molecular flexibility index (Phi) is 6.72. The van der Waals surface area contributed by atoms with Crippen molar-refractivity contribution >= 4 is 17.6 Å². The summed E-state index contributed by atoms with van der Waals surface area (Å²) in [7, 11) is 0. The van der Waals surface area contributed by atoms with Crippen molar-refractivity contribution in [1.82, 2.24) is 0 Å². The number of alkyl halides is 3. The fourth-order valence-corrected chi connectivity index (χ4v) is 3.43. The van der Waals surface area contributed by atoms with E-state index in [0.29, 0.717) is 36.9 Å². The molecule has 0 unspecified atom stereocenters. The zero-order valence-corrected chi connectivity index (χ0v) is 16.8. The molecule has 2 aromatic rings. The SMILES string of the molecule is Cc1cc(N)cc(C(=O)OC2CCC(OC(=O)c3ccc(OC(F)(F)F)cc3)CC2)c1. The number of carbonyl (C=O) groups excluding carboxylic acids is 2. The van der Waals surface area contributed by atoms with Gasteiger partial charge in [0.1, 0.15) is 18.0 Å². The van der Waals surface area contributed by atoms with Crippen LogP contribution in [0.3, 0.4) is 0 Å². The van der Waals surface area contributed by atoms with E-state index in [1.807, 2.05) is 6.92 Å². The summed E-state index contributed by atoms with van der Waals surface area (Å²) in [4.78, 5) is 24.6. The molecule has 3 rings (SSSR count). The fourth-order valence-electron chi connectivity index (χ4n) is 3.43. The van der Waals surface area contributed by atoms with Crippen molar-refractivity contribution in [3.63, 3.8) is 0 Å². The monoisotopic (exact) mass is 437 g/mol. The Hall–Kier alpha value is -3.23. The lowest BCUT2D eigenvalue weighted by molar-refractivity contribution is -0.274. The van der Waals surface area contributed by atoms with Gasteiger partial charge in [-0.2, -0.15) is 0 Å². The molecule has 1 aliphatic carbocycles. The average Bonchev–Trinajstić information content (AvgIpc) is 2.68. The maximum atomic E-state index is 12.3. The zero-order chi connectivity index (χ0) is 22.6. The molecule has 31 heavy (non-hydrogen) atoms. The van der Waals surface area contributed by atoms with E-state index >= 15 is 0 Å². The van der Waals surface area contributed by atoms with Crippen LogP contribution in [-0.4, -0.2) is 30.5 Å². The van der Waals surface area contributed by atoms with Gasteiger partial charge in [0.15, 0.2) is 0 Å². The Balaban J connectivity index is 1.47. The maximum absolute atomic E-state index is 12.3. The second kappa shape index (κ2) is 9.28. The molecule has 1 saturated carbocycles. The van der Waals surface area contributed by atoms with Crippen LogP contribution in [0.1, 0.15) is 52.0 Å². The molecule has 0 amide bonds. The number of anilines is 1. The summed E-state index contributed by atoms with van der Waals surface area (Å²) in [6.07, 6.45) is -3.36. The highest BCUT2D eigenvalue weighted by atomic mass is 19.4. The first-order chi connectivity index (χ1) is 14.6. The van der Waals surface area contributed by atoms with Gasteiger partial charge in [0.05, 0.1) is 11.1 Å². The molecule has 6 nitrogen and oxygen atoms in total. The van der Waals surface area contributed by atoms with Crippen molar-refractivity contribution in [2.24, 2.45) is 0 Å². The van der Waals surface area contributed by atoms with Crippen molar-refractivity contribution in [3.05, 3.63) is 59.2 Å². The van der Waals surface area contributed by atoms with Crippen LogP contribution in [0.15, 0.2) is 42.5 Å². The lowest BCUT2D eigenvalue weighted by Crippen LogP contribution is -2.29. The molecular formula is C22H22F3NO5. The first kappa shape index (κ1) is 22.5. The van der Waals surface area contributed by atoms with E-state index in [0.717, 1.165) is 17.7 Å². The van der Waals surface area contributed by atoms with Crippen LogP contribution in [0.4, 0.5) is 18.9 Å². The molecule has 0 aliphatic heterocycles. The number of rotatable bonds is 5. The topological polar surface area (TPSA) is 87.9 Å². The standard InChI is InChI=1S/C22H22F3NO5/c1-13-10-15(12-16(26)11-13)21(28)30-18-8-6-17(7-9-18)29-20(27)14-2-4-19(5-3-14)31-22(23,24)25/h2-5,10-12,17-18H,6-9,26H2,1H3. The summed E-state index contributed by atoms with van der Waals surface area (Å²) in [5.41, 5.74) is 7.63. The van der Waals surface area contributed by atoms with Crippen LogP contribution in [0.5, 0.6) is 5.75 Å². The number of aryl methyl sites for hydroxylation is 1. The van der Waals surface area contributed by atoms with Crippen molar-refractivity contribution in [2.45, 2.75) is 51.2 Å². The largest absolute Gasteiger partial charge is 0.573 e. The maximum Gasteiger partial charge on any atom is 0.573 e. The average molecular weight is 437 g/mol. The first-order valence-electron chi connectivity index (χ1n) is 9.74. The predicted molar refractivity (Wildman–Crippen MR) is 106 cm³/mol. The van der Waals surface area contributed by atoms with Crippen molar-refractivity contribution in [1.29, 1.82) is 0 Å². The van der Waals surface area contributed by atoms with Crippen LogP contribution in [0.25, 0.3) is 0 Å². The number of carbonyl (C=O) groups is 2. The van der Waals surface area contributed by atoms with E-state index in [4.69, 9.17) is 15.2 Å². The third kappa shape index (κ3) is 6.63. The molecule has 0 atom stereocenters. The molecule has 0 aromatic heterocycles. The lowest BCUT2D eigenvalue weighted by Gasteiger charge is -2.28. The van der Waals surface area contributed by atoms with Gasteiger partial charge < -0.3 is 19.9 Å². The lowest BCUT2D eigenvalue weighted by atomic mass is 9.94. The van der Waals surface area contributed by atoms with Crippen LogP contribution in [0.2, 0.25) is 0 Å². The molecule has 0 saturated heterocycles. The van der Waals surface area contributed by atoms with Crippen LogP contribution in [-0.2, 0) is 9.47 Å². The second-order valence-electron chi connectivity index (χ2n) is 7.41. The molecule has 9 heteroatoms. The van der Waals surface area contributed by atoms with Crippen LogP contribution >= 0.6 is 0 Å². The van der Waals surface area contributed by atoms with Gasteiger partial charge in [-0.15, -0.1) is 13.2 Å². The normalized spacial score (nSPS) is 18.8. The van der Waals surface area contributed by atoms with Crippen LogP contribution < -0.4 is 10.5 Å². The number of hydrogen-bond donors (Lipinski definition) is 1. The zero-order valence-electron chi connectivity index (χ0n) is 16.8. The van der Waals surface area contributed by atoms with E-state index in [-0.39, 0.29) is 17.8 Å². The summed E-state index contributed by atoms with van der Waals surface area (Å²) in [6, 6.07) is 9.56. The quantitative estimate of drug-likeness (QED) is 0.534. The smallest absolute Gasteiger partial charge is 0.459 e. The third-order valence-corrected chi connectivity index (χ3v) is 4.83. The first-order valence-corrected chi connectivity index (χ1v) is 9.74. The Morgan fingerprint density at radius 1 is 0.871 bits per heavy atom. The van der Waals surface area contributed by atoms with E-state index in [9.17, 15) is 22.8 Å². The summed E-state index contributed by atoms with van der Waals surface area (Å²) < 4.78 is 51.3. The van der Waals surface area contributed by atoms with Gasteiger partial charge in [-0.25, -0.2) is 9.59 Å². The number of ether oxygens (including phenoxy) is 3. The highest BCUT2D eigenvalue weighted by molar-refractivity contribution is 5.91. The highest BCUT2D eigenvalue weighted by Gasteiger charge is 2.31. The Morgan fingerprint density at radius 3 is 1.87 bits per heavy atom. The molecule has 2 N–H and O–H groups in total. The van der Waals surface area contributed by atoms with E-state index < -0.39 is 24.1 Å². The minimum atomic E-state index is -4.80. The van der Waals surface area contributed by atoms with Gasteiger partial charge in [-0.3, -0.25) is 0 Å². The van der Waals surface area contributed by atoms with E-state index in [2.05, 4.69) is 4.74 Å². The molecule has 2 aromatic carbocycles. The minimum absolute atomic E-state index is 0.125. The third-order valence-electron chi connectivity index (χ3n) is 4.83. The Bertz CT molecular complexity index is 915. The summed E-state index contributed by atoms with van der Waals surface area (Å²) in [5.74, 6) is -1.49. The van der Waals surface area contributed by atoms with Gasteiger partial charge >= 0.3 is 18.3 Å². The Labute approximate surface area is 177 Å². The Morgan fingerprint density at radius 2 is 1.39 bits per heavy atom. The van der Waals surface area contributed by atoms with E-state index in [1.54, 1.807) is 18.2 Å². The summed E-state index contributed by atoms with van der Waals surface area (Å²) in [6.45, 7) is 1.84. The van der Waals surface area contributed by atoms with Gasteiger partial charge in [0.2, 0.25) is 0 Å². The summed E-state index contributed by atoms with van der Waals surface area (Å²) in [5, 5.41) is 0. The van der Waals surface area contributed by atoms with Gasteiger partial charge in [-0.05, 0) is 80.6 Å². The number of nitrogens with two attached hydrogens (primary N) is 1. The summed E-state index contributed by atoms with van der Waals surface area (Å²) >= 11 is 0. The fraction of sp³-hybridized carbons (Fsp3) is 0.364. The van der Waals surface area contributed by atoms with Crippen LogP contribution in [0, 0.1) is 6.92 Å². The van der Waals surface area contributed by atoms with Crippen molar-refractivity contribution in [2.75, 3.05) is 5.73 Å². The molecule has 0 heterocycles. The van der Waals surface area contributed by atoms with E-state index in [1.165, 1.54) is 12.1 Å². The molecule has 0 spiro atoms. The predicted octanol–water partition coefficient (Wildman–Crippen LogP) is 4.80. The van der Waals surface area contributed by atoms with Gasteiger partial charge in [0.25, 0.3) is 0 Å². The number of halogens is 3. The number of nitrogen functional groups attached to an aromatic ring is 1. The number of benzene rings is 2. The van der Waals surface area contributed by atoms with Gasteiger partial charge in [0, 0.05) is 5.69 Å². The van der Waals surface area contributed by atoms with Gasteiger partial charge in [-0.1, -0.05) is 0 Å². The molecule has 1 fully saturated rings. The molecule has 166 valence electrons. The highest BCUT2D eigenvalue weighted by Crippen LogP contribution is 2.27. The minimum Gasteiger partial charge on any atom is -0.459 e. The van der Waals surface area contributed by atoms with Crippen molar-refractivity contribution in [3.8, 4) is 5.75 Å². The molecule has 1 aliphatic rings. The molecule has 0 radical (unpaired) electrons.